The molecule has 0 saturated carbocycles. The fourth-order valence-electron chi connectivity index (χ4n) is 0.908. The summed E-state index contributed by atoms with van der Waals surface area (Å²) in [4.78, 5) is 0. The Hall–Kier alpha value is 0.620. The fourth-order valence-corrected chi connectivity index (χ4v) is 1.22. The molecule has 0 heterocycles. The maximum Gasteiger partial charge on any atom is 0.00397 e. The molecule has 2 nitrogen and oxygen atoms in total. The van der Waals surface area contributed by atoms with Crippen molar-refractivity contribution in [3.63, 3.8) is 0 Å². The van der Waals surface area contributed by atoms with Crippen LogP contribution in [0.5, 0.6) is 0 Å². The van der Waals surface area contributed by atoms with Crippen LogP contribution in [0.3, 0.4) is 0 Å². The van der Waals surface area contributed by atoms with Crippen molar-refractivity contribution in [2.24, 2.45) is 0 Å². The van der Waals surface area contributed by atoms with Gasteiger partial charge in [0.1, 0.15) is 0 Å². The predicted molar refractivity (Wildman–Crippen MR) is 62.7 cm³/mol. The summed E-state index contributed by atoms with van der Waals surface area (Å²) in [7, 11) is 0. The van der Waals surface area contributed by atoms with Crippen LogP contribution < -0.4 is 10.6 Å². The first-order chi connectivity index (χ1) is 5.91. The summed E-state index contributed by atoms with van der Waals surface area (Å²) in [5.74, 6) is 1.86. The van der Waals surface area contributed by atoms with Gasteiger partial charge in [-0.25, -0.2) is 0 Å². The van der Waals surface area contributed by atoms with E-state index in [2.05, 4.69) is 35.9 Å². The molecule has 0 spiro atoms. The topological polar surface area (TPSA) is 24.1 Å². The van der Waals surface area contributed by atoms with Crippen LogP contribution in [-0.4, -0.2) is 37.7 Å². The molecule has 0 radical (unpaired) electrons. The van der Waals surface area contributed by atoms with Gasteiger partial charge in [0.05, 0.1) is 0 Å². The van der Waals surface area contributed by atoms with E-state index in [9.17, 15) is 0 Å². The van der Waals surface area contributed by atoms with Crippen molar-refractivity contribution in [3.05, 3.63) is 0 Å². The highest BCUT2D eigenvalue weighted by molar-refractivity contribution is 7.80. The monoisotopic (exact) mass is 208 g/mol. The summed E-state index contributed by atoms with van der Waals surface area (Å²) in [5.41, 5.74) is 0. The van der Waals surface area contributed by atoms with Crippen LogP contribution in [0.15, 0.2) is 0 Å². The van der Waals surface area contributed by atoms with Crippen molar-refractivity contribution in [2.45, 2.75) is 12.8 Å². The van der Waals surface area contributed by atoms with Gasteiger partial charge in [-0.05, 0) is 25.9 Å². The highest BCUT2D eigenvalue weighted by atomic mass is 32.1. The predicted octanol–water partition coefficient (Wildman–Crippen LogP) is 0.805. The number of nitrogens with one attached hydrogen (secondary N) is 2. The van der Waals surface area contributed by atoms with Crippen LogP contribution in [0, 0.1) is 0 Å². The normalized spacial score (nSPS) is 10.5. The standard InChI is InChI=1S/C8H20N2S2/c11-7-5-9-3-1-2-4-10-6-8-12/h9-12H,1-8H2. The lowest BCUT2D eigenvalue weighted by molar-refractivity contribution is 0.604. The molecule has 0 saturated heterocycles. The third-order valence-electron chi connectivity index (χ3n) is 1.53. The quantitative estimate of drug-likeness (QED) is 0.333. The molecule has 0 aromatic carbocycles. The van der Waals surface area contributed by atoms with Gasteiger partial charge >= 0.3 is 0 Å². The maximum absolute atomic E-state index is 4.11. The molecule has 0 aromatic rings. The minimum absolute atomic E-state index is 0.928. The summed E-state index contributed by atoms with van der Waals surface area (Å²) < 4.78 is 0. The zero-order valence-electron chi connectivity index (χ0n) is 7.55. The average Bonchev–Trinajstić information content (AvgIpc) is 2.10. The van der Waals surface area contributed by atoms with E-state index in [0.717, 1.165) is 37.7 Å². The molecule has 0 fully saturated rings. The summed E-state index contributed by atoms with van der Waals surface area (Å²) in [5, 5.41) is 6.61. The molecular weight excluding hydrogens is 188 g/mol. The van der Waals surface area contributed by atoms with Gasteiger partial charge in [0, 0.05) is 24.6 Å². The molecule has 0 bridgehead atoms. The SMILES string of the molecule is SCCNCCCCNCCS. The third kappa shape index (κ3) is 10.6. The van der Waals surface area contributed by atoms with Gasteiger partial charge in [-0.3, -0.25) is 0 Å². The Bertz CT molecular complexity index is 71.5. The molecular formula is C8H20N2S2. The van der Waals surface area contributed by atoms with Crippen molar-refractivity contribution >= 4 is 25.3 Å². The second-order valence-corrected chi connectivity index (χ2v) is 3.55. The van der Waals surface area contributed by atoms with Crippen LogP contribution in [0.2, 0.25) is 0 Å². The van der Waals surface area contributed by atoms with Gasteiger partial charge in [-0.15, -0.1) is 0 Å². The number of hydrogen-bond donors (Lipinski definition) is 4. The molecule has 0 aliphatic rings. The van der Waals surface area contributed by atoms with E-state index in [1.807, 2.05) is 0 Å². The van der Waals surface area contributed by atoms with Gasteiger partial charge in [0.2, 0.25) is 0 Å². The van der Waals surface area contributed by atoms with E-state index in [1.165, 1.54) is 12.8 Å². The smallest absolute Gasteiger partial charge is 0.00397 e. The Kier molecular flexibility index (Phi) is 12.2. The number of unbranched alkanes of at least 4 members (excludes halogenated alkanes) is 1. The lowest BCUT2D eigenvalue weighted by atomic mass is 10.3. The Labute approximate surface area is 86.7 Å². The van der Waals surface area contributed by atoms with Gasteiger partial charge in [0.15, 0.2) is 0 Å². The Balaban J connectivity index is 2.73. The highest BCUT2D eigenvalue weighted by Crippen LogP contribution is 1.84. The Morgan fingerprint density at radius 2 is 1.08 bits per heavy atom. The van der Waals surface area contributed by atoms with E-state index in [-0.39, 0.29) is 0 Å². The zero-order chi connectivity index (χ0) is 9.07. The first-order valence-corrected chi connectivity index (χ1v) is 5.81. The number of rotatable bonds is 9. The molecule has 0 amide bonds. The van der Waals surface area contributed by atoms with Crippen molar-refractivity contribution in [2.75, 3.05) is 37.7 Å². The van der Waals surface area contributed by atoms with Crippen molar-refractivity contribution in [1.29, 1.82) is 0 Å². The largest absolute Gasteiger partial charge is 0.316 e. The second kappa shape index (κ2) is 11.6. The minimum atomic E-state index is 0.928. The summed E-state index contributed by atoms with van der Waals surface area (Å²) >= 11 is 8.22. The van der Waals surface area contributed by atoms with E-state index in [1.54, 1.807) is 0 Å². The molecule has 12 heavy (non-hydrogen) atoms. The third-order valence-corrected chi connectivity index (χ3v) is 1.98. The summed E-state index contributed by atoms with van der Waals surface area (Å²) in [6.07, 6.45) is 2.49. The van der Waals surface area contributed by atoms with Crippen LogP contribution in [0.25, 0.3) is 0 Å². The van der Waals surface area contributed by atoms with Gasteiger partial charge in [-0.1, -0.05) is 0 Å². The molecule has 2 N–H and O–H groups in total. The van der Waals surface area contributed by atoms with Crippen molar-refractivity contribution in [3.8, 4) is 0 Å². The Morgan fingerprint density at radius 3 is 1.42 bits per heavy atom. The number of thiol groups is 2. The van der Waals surface area contributed by atoms with Crippen molar-refractivity contribution < 1.29 is 0 Å². The lowest BCUT2D eigenvalue weighted by Crippen LogP contribution is -2.21. The van der Waals surface area contributed by atoms with Crippen molar-refractivity contribution in [1.82, 2.24) is 10.6 Å². The van der Waals surface area contributed by atoms with E-state index in [0.29, 0.717) is 0 Å². The molecule has 0 aromatic heterocycles. The van der Waals surface area contributed by atoms with E-state index in [4.69, 9.17) is 0 Å². The molecule has 4 heteroatoms. The van der Waals surface area contributed by atoms with E-state index >= 15 is 0 Å². The molecule has 0 unspecified atom stereocenters. The summed E-state index contributed by atoms with van der Waals surface area (Å²) in [6, 6.07) is 0. The molecule has 74 valence electrons. The second-order valence-electron chi connectivity index (χ2n) is 2.65. The lowest BCUT2D eigenvalue weighted by Gasteiger charge is -2.03. The zero-order valence-corrected chi connectivity index (χ0v) is 9.34. The first-order valence-electron chi connectivity index (χ1n) is 4.55. The van der Waals surface area contributed by atoms with Crippen LogP contribution in [-0.2, 0) is 0 Å². The molecule has 0 aliphatic heterocycles. The van der Waals surface area contributed by atoms with Crippen LogP contribution in [0.1, 0.15) is 12.8 Å². The van der Waals surface area contributed by atoms with E-state index < -0.39 is 0 Å². The van der Waals surface area contributed by atoms with Gasteiger partial charge in [-0.2, -0.15) is 25.3 Å². The van der Waals surface area contributed by atoms with Crippen LogP contribution in [0.4, 0.5) is 0 Å². The van der Waals surface area contributed by atoms with Gasteiger partial charge in [0.25, 0.3) is 0 Å². The van der Waals surface area contributed by atoms with Crippen LogP contribution >= 0.6 is 25.3 Å². The average molecular weight is 208 g/mol. The maximum atomic E-state index is 4.11. The first kappa shape index (κ1) is 12.6. The molecule has 0 aliphatic carbocycles. The highest BCUT2D eigenvalue weighted by Gasteiger charge is 1.87. The van der Waals surface area contributed by atoms with Gasteiger partial charge < -0.3 is 10.6 Å². The number of hydrogen-bond acceptors (Lipinski definition) is 4. The Morgan fingerprint density at radius 1 is 0.667 bits per heavy atom. The molecule has 0 atom stereocenters. The minimum Gasteiger partial charge on any atom is -0.316 e. The fraction of sp³-hybridized carbons (Fsp3) is 1.00. The summed E-state index contributed by atoms with van der Waals surface area (Å²) in [6.45, 7) is 4.27. The molecule has 0 rings (SSSR count).